The first-order valence-corrected chi connectivity index (χ1v) is 12.4. The molecule has 4 aromatic rings. The van der Waals surface area contributed by atoms with Crippen LogP contribution in [0.1, 0.15) is 73.7 Å². The zero-order valence-corrected chi connectivity index (χ0v) is 21.4. The van der Waals surface area contributed by atoms with E-state index in [0.29, 0.717) is 31.1 Å². The number of aromatic nitrogens is 6. The maximum absolute atomic E-state index is 14.8. The number of Topliss-reactive ketones (excluding diaryl/α,β-unsaturated/α-hetero) is 1. The Hall–Kier alpha value is -3.95. The van der Waals surface area contributed by atoms with E-state index < -0.39 is 6.17 Å². The van der Waals surface area contributed by atoms with Crippen LogP contribution in [0, 0.1) is 0 Å². The van der Waals surface area contributed by atoms with Crippen molar-refractivity contribution in [3.8, 4) is 11.3 Å². The summed E-state index contributed by atoms with van der Waals surface area (Å²) in [6.45, 7) is 5.85. The second-order valence-corrected chi connectivity index (χ2v) is 10.6. The van der Waals surface area contributed by atoms with Crippen LogP contribution in [0.15, 0.2) is 47.3 Å². The largest absolute Gasteiger partial charge is 0.418 e. The van der Waals surface area contributed by atoms with Crippen LogP contribution < -0.4 is 5.32 Å². The van der Waals surface area contributed by atoms with Crippen molar-refractivity contribution in [1.29, 1.82) is 0 Å². The summed E-state index contributed by atoms with van der Waals surface area (Å²) < 4.78 is 22.1. The minimum atomic E-state index is -0.974. The van der Waals surface area contributed by atoms with Gasteiger partial charge in [-0.1, -0.05) is 32.9 Å². The Morgan fingerprint density at radius 1 is 1.22 bits per heavy atom. The summed E-state index contributed by atoms with van der Waals surface area (Å²) in [6.07, 6.45) is 5.70. The third-order valence-corrected chi connectivity index (χ3v) is 6.50. The Kier molecular flexibility index (Phi) is 6.57. The molecule has 0 saturated carbocycles. The summed E-state index contributed by atoms with van der Waals surface area (Å²) in [7, 11) is 1.84. The molecule has 0 radical (unpaired) electrons. The van der Waals surface area contributed by atoms with Gasteiger partial charge in [-0.05, 0) is 42.0 Å². The number of carbonyl (C=O) groups excluding carboxylic acids is 1. The van der Waals surface area contributed by atoms with Crippen LogP contribution in [-0.4, -0.2) is 41.9 Å². The van der Waals surface area contributed by atoms with Crippen LogP contribution in [0.3, 0.4) is 0 Å². The fraction of sp³-hybridized carbons (Fsp3) is 0.407. The highest BCUT2D eigenvalue weighted by Gasteiger charge is 2.29. The molecule has 1 aliphatic rings. The van der Waals surface area contributed by atoms with Crippen LogP contribution in [0.4, 0.5) is 16.0 Å². The second kappa shape index (κ2) is 9.84. The van der Waals surface area contributed by atoms with E-state index in [4.69, 9.17) is 4.42 Å². The summed E-state index contributed by atoms with van der Waals surface area (Å²) in [5.74, 6) is 0.533. The van der Waals surface area contributed by atoms with Crippen molar-refractivity contribution in [1.82, 2.24) is 29.9 Å². The monoisotopic (exact) mass is 503 g/mol. The van der Waals surface area contributed by atoms with Gasteiger partial charge in [-0.3, -0.25) is 9.48 Å². The van der Waals surface area contributed by atoms with Crippen LogP contribution >= 0.6 is 0 Å². The molecular formula is C27H30FN7O2. The van der Waals surface area contributed by atoms with E-state index in [1.165, 1.54) is 0 Å². The number of carbonyl (C=O) groups is 1. The first kappa shape index (κ1) is 24.7. The highest BCUT2D eigenvalue weighted by molar-refractivity contribution is 5.92. The molecule has 3 heterocycles. The molecule has 0 spiro atoms. The van der Waals surface area contributed by atoms with Gasteiger partial charge in [0.25, 0.3) is 5.89 Å². The molecular weight excluding hydrogens is 473 g/mol. The lowest BCUT2D eigenvalue weighted by Gasteiger charge is -2.17. The molecule has 1 aromatic carbocycles. The molecule has 0 aliphatic heterocycles. The number of fused-ring (bicyclic) bond motifs is 1. The average molecular weight is 504 g/mol. The first-order chi connectivity index (χ1) is 17.7. The standard InChI is InChI=1S/C27H30FN7O2/c1-27(2,3)25-34-33-24(37-25)23(36)13-16-5-7-19(28)12-18-11-17(6-8-21(16)18)22-9-10-29-26(32-22)31-20-14-30-35(4)15-20/h6,8-11,14-16,19H,5,7,12-13H2,1-4H3,(H,29,31,32)/t16-,19-/m1/s1. The summed E-state index contributed by atoms with van der Waals surface area (Å²) in [5.41, 5.74) is 3.90. The molecule has 192 valence electrons. The van der Waals surface area contributed by atoms with Gasteiger partial charge >= 0.3 is 0 Å². The minimum Gasteiger partial charge on any atom is -0.418 e. The minimum absolute atomic E-state index is 0.0128. The second-order valence-electron chi connectivity index (χ2n) is 10.6. The van der Waals surface area contributed by atoms with E-state index >= 15 is 0 Å². The third-order valence-electron chi connectivity index (χ3n) is 6.50. The van der Waals surface area contributed by atoms with E-state index in [0.717, 1.165) is 28.1 Å². The predicted molar refractivity (Wildman–Crippen MR) is 136 cm³/mol. The van der Waals surface area contributed by atoms with Gasteiger partial charge in [-0.2, -0.15) is 5.10 Å². The number of rotatable bonds is 6. The zero-order valence-electron chi connectivity index (χ0n) is 21.4. The Morgan fingerprint density at radius 2 is 2.05 bits per heavy atom. The highest BCUT2D eigenvalue weighted by Crippen LogP contribution is 2.37. The highest BCUT2D eigenvalue weighted by atomic mass is 19.1. The summed E-state index contributed by atoms with van der Waals surface area (Å²) in [4.78, 5) is 21.9. The van der Waals surface area contributed by atoms with Crippen LogP contribution in [-0.2, 0) is 18.9 Å². The molecule has 2 atom stereocenters. The fourth-order valence-corrected chi connectivity index (χ4v) is 4.58. The summed E-state index contributed by atoms with van der Waals surface area (Å²) in [6, 6.07) is 7.76. The molecule has 0 saturated heterocycles. The molecule has 1 aliphatic carbocycles. The molecule has 1 N–H and O–H groups in total. The molecule has 9 nitrogen and oxygen atoms in total. The molecule has 10 heteroatoms. The molecule has 0 bridgehead atoms. The van der Waals surface area contributed by atoms with Gasteiger partial charge in [0.05, 0.1) is 17.6 Å². The molecule has 37 heavy (non-hydrogen) atoms. The number of nitrogens with one attached hydrogen (secondary N) is 1. The molecule has 0 amide bonds. The molecule has 3 aromatic heterocycles. The van der Waals surface area contributed by atoms with Gasteiger partial charge in [0.2, 0.25) is 17.6 Å². The number of ketones is 1. The number of nitrogens with zero attached hydrogens (tertiary/aromatic N) is 6. The fourth-order valence-electron chi connectivity index (χ4n) is 4.58. The number of hydrogen-bond donors (Lipinski definition) is 1. The number of hydrogen-bond acceptors (Lipinski definition) is 8. The normalized spacial score (nSPS) is 17.8. The van der Waals surface area contributed by atoms with E-state index in [1.807, 2.05) is 58.3 Å². The van der Waals surface area contributed by atoms with Gasteiger partial charge in [-0.15, -0.1) is 10.2 Å². The Bertz CT molecular complexity index is 1420. The van der Waals surface area contributed by atoms with Crippen molar-refractivity contribution in [2.45, 2.75) is 64.0 Å². The SMILES string of the molecule is Cn1cc(Nc2nccc(-c3ccc4c(c3)C[C@H](F)CC[C@@H]4CC(=O)c3nnc(C(C)(C)C)o3)n2)cn1. The number of benzene rings is 1. The molecule has 0 fully saturated rings. The van der Waals surface area contributed by atoms with Crippen molar-refractivity contribution >= 4 is 17.4 Å². The van der Waals surface area contributed by atoms with Crippen LogP contribution in [0.2, 0.25) is 0 Å². The maximum atomic E-state index is 14.8. The van der Waals surface area contributed by atoms with Crippen molar-refractivity contribution in [3.05, 3.63) is 65.8 Å². The molecule has 0 unspecified atom stereocenters. The Morgan fingerprint density at radius 3 is 2.78 bits per heavy atom. The Labute approximate surface area is 214 Å². The summed E-state index contributed by atoms with van der Waals surface area (Å²) >= 11 is 0. The number of alkyl halides is 1. The quantitative estimate of drug-likeness (QED) is 0.277. The average Bonchev–Trinajstić information content (AvgIpc) is 3.48. The van der Waals surface area contributed by atoms with Gasteiger partial charge < -0.3 is 9.73 Å². The van der Waals surface area contributed by atoms with Gasteiger partial charge in [0.15, 0.2) is 0 Å². The Balaban J connectivity index is 1.39. The number of halogens is 1. The van der Waals surface area contributed by atoms with Crippen LogP contribution in [0.5, 0.6) is 0 Å². The van der Waals surface area contributed by atoms with E-state index in [-0.39, 0.29) is 29.4 Å². The first-order valence-electron chi connectivity index (χ1n) is 12.4. The van der Waals surface area contributed by atoms with Crippen molar-refractivity contribution in [2.24, 2.45) is 7.05 Å². The predicted octanol–water partition coefficient (Wildman–Crippen LogP) is 5.33. The lowest BCUT2D eigenvalue weighted by atomic mass is 9.87. The maximum Gasteiger partial charge on any atom is 0.284 e. The van der Waals surface area contributed by atoms with Crippen molar-refractivity contribution in [2.75, 3.05) is 5.32 Å². The van der Waals surface area contributed by atoms with E-state index in [1.54, 1.807) is 17.1 Å². The van der Waals surface area contributed by atoms with Gasteiger partial charge in [-0.25, -0.2) is 14.4 Å². The van der Waals surface area contributed by atoms with Gasteiger partial charge in [0, 0.05) is 43.3 Å². The number of aryl methyl sites for hydroxylation is 1. The van der Waals surface area contributed by atoms with E-state index in [2.05, 4.69) is 30.6 Å². The summed E-state index contributed by atoms with van der Waals surface area (Å²) in [5, 5.41) is 15.3. The third kappa shape index (κ3) is 5.58. The van der Waals surface area contributed by atoms with Gasteiger partial charge in [0.1, 0.15) is 6.17 Å². The van der Waals surface area contributed by atoms with Crippen LogP contribution in [0.25, 0.3) is 11.3 Å². The zero-order chi connectivity index (χ0) is 26.2. The topological polar surface area (TPSA) is 112 Å². The lowest BCUT2D eigenvalue weighted by Crippen LogP contribution is -2.11. The van der Waals surface area contributed by atoms with Crippen molar-refractivity contribution < 1.29 is 13.6 Å². The van der Waals surface area contributed by atoms with Crippen molar-refractivity contribution in [3.63, 3.8) is 0 Å². The molecule has 5 rings (SSSR count). The number of anilines is 2. The lowest BCUT2D eigenvalue weighted by molar-refractivity contribution is 0.0934. The van der Waals surface area contributed by atoms with E-state index in [9.17, 15) is 9.18 Å². The smallest absolute Gasteiger partial charge is 0.284 e.